The van der Waals surface area contributed by atoms with E-state index in [1.165, 1.54) is 22.2 Å². The summed E-state index contributed by atoms with van der Waals surface area (Å²) in [5, 5.41) is 0.840. The topological polar surface area (TPSA) is 55.2 Å². The molecule has 1 aromatic carbocycles. The van der Waals surface area contributed by atoms with Gasteiger partial charge in [0.2, 0.25) is 5.91 Å². The number of allylic oxidation sites excluding steroid dienone is 1. The average molecular weight is 454 g/mol. The van der Waals surface area contributed by atoms with Gasteiger partial charge >= 0.3 is 0 Å². The van der Waals surface area contributed by atoms with Crippen LogP contribution in [0.25, 0.3) is 10.2 Å². The van der Waals surface area contributed by atoms with Crippen molar-refractivity contribution in [1.82, 2.24) is 14.5 Å². The Morgan fingerprint density at radius 2 is 2.13 bits per heavy atom. The maximum absolute atomic E-state index is 13.5. The molecule has 0 spiro atoms. The normalized spacial score (nSPS) is 16.7. The molecule has 0 saturated heterocycles. The van der Waals surface area contributed by atoms with E-state index in [0.717, 1.165) is 35.0 Å². The lowest BCUT2D eigenvalue weighted by Crippen LogP contribution is -2.28. The molecular weight excluding hydrogens is 426 g/mol. The predicted octanol–water partition coefficient (Wildman–Crippen LogP) is 4.69. The van der Waals surface area contributed by atoms with Crippen LogP contribution in [0, 0.1) is 5.92 Å². The molecule has 1 aliphatic rings. The van der Waals surface area contributed by atoms with Gasteiger partial charge in [-0.15, -0.1) is 17.9 Å². The fourth-order valence-electron chi connectivity index (χ4n) is 4.01. The van der Waals surface area contributed by atoms with Gasteiger partial charge in [0.25, 0.3) is 5.56 Å². The van der Waals surface area contributed by atoms with Gasteiger partial charge in [0.15, 0.2) is 5.16 Å². The summed E-state index contributed by atoms with van der Waals surface area (Å²) >= 11 is 2.98. The van der Waals surface area contributed by atoms with Crippen molar-refractivity contribution in [1.29, 1.82) is 0 Å². The van der Waals surface area contributed by atoms with Gasteiger partial charge in [0.05, 0.1) is 5.39 Å². The van der Waals surface area contributed by atoms with Crippen molar-refractivity contribution < 1.29 is 4.79 Å². The van der Waals surface area contributed by atoms with Crippen LogP contribution in [-0.4, -0.2) is 34.5 Å². The van der Waals surface area contributed by atoms with E-state index in [2.05, 4.69) is 13.5 Å². The minimum Gasteiger partial charge on any atom is -0.348 e. The summed E-state index contributed by atoms with van der Waals surface area (Å²) in [6.45, 7) is 6.46. The summed E-state index contributed by atoms with van der Waals surface area (Å²) in [6.07, 6.45) is 4.75. The van der Waals surface area contributed by atoms with E-state index in [1.807, 2.05) is 30.3 Å². The molecule has 0 N–H and O–H groups in total. The van der Waals surface area contributed by atoms with Crippen molar-refractivity contribution in [2.45, 2.75) is 43.1 Å². The minimum atomic E-state index is -0.480. The lowest BCUT2D eigenvalue weighted by atomic mass is 9.89. The van der Waals surface area contributed by atoms with Crippen molar-refractivity contribution >= 4 is 39.2 Å². The number of hydrogen-bond acceptors (Lipinski definition) is 5. The number of likely N-dealkylation sites (N-methyl/N-ethyl adjacent to an activating group) is 1. The van der Waals surface area contributed by atoms with Gasteiger partial charge in [-0.25, -0.2) is 4.98 Å². The van der Waals surface area contributed by atoms with E-state index in [4.69, 9.17) is 4.98 Å². The van der Waals surface area contributed by atoms with Crippen LogP contribution in [0.15, 0.2) is 52.9 Å². The van der Waals surface area contributed by atoms with Crippen molar-refractivity contribution in [2.24, 2.45) is 5.92 Å². The van der Waals surface area contributed by atoms with Crippen LogP contribution in [0.3, 0.4) is 0 Å². The summed E-state index contributed by atoms with van der Waals surface area (Å²) in [5.74, 6) is 0.597. The molecule has 5 nitrogen and oxygen atoms in total. The van der Waals surface area contributed by atoms with Gasteiger partial charge in [-0.1, -0.05) is 55.1 Å². The molecule has 31 heavy (non-hydrogen) atoms. The summed E-state index contributed by atoms with van der Waals surface area (Å²) in [6, 6.07) is 9.67. The maximum atomic E-state index is 13.5. The molecule has 2 aromatic heterocycles. The Bertz CT molecular complexity index is 1180. The van der Waals surface area contributed by atoms with Crippen LogP contribution in [0.2, 0.25) is 0 Å². The van der Waals surface area contributed by atoms with Crippen LogP contribution in [0.4, 0.5) is 0 Å². The van der Waals surface area contributed by atoms with Gasteiger partial charge < -0.3 is 4.90 Å². The van der Waals surface area contributed by atoms with Gasteiger partial charge in [-0.05, 0) is 36.3 Å². The highest BCUT2D eigenvalue weighted by molar-refractivity contribution is 8.00. The van der Waals surface area contributed by atoms with Crippen molar-refractivity contribution in [3.63, 3.8) is 0 Å². The van der Waals surface area contributed by atoms with E-state index in [-0.39, 0.29) is 11.5 Å². The first kappa shape index (κ1) is 21.8. The summed E-state index contributed by atoms with van der Waals surface area (Å²) < 4.78 is 1.67. The van der Waals surface area contributed by atoms with E-state index >= 15 is 0 Å². The standard InChI is InChI=1S/C24H27N3O2S2/c1-5-13-27-22(28)19-17-12-11-15(2)14-18(17)30-21(19)25-24(27)31-20(23(29)26(3)4)16-9-7-6-8-10-16/h5-10,15,20H,1,11-14H2,2-4H3/t15-,20-/m0/s1. The third-order valence-electron chi connectivity index (χ3n) is 5.68. The first-order valence-electron chi connectivity index (χ1n) is 10.5. The van der Waals surface area contributed by atoms with Gasteiger partial charge in [0.1, 0.15) is 10.1 Å². The highest BCUT2D eigenvalue weighted by Crippen LogP contribution is 2.39. The molecule has 2 atom stereocenters. The van der Waals surface area contributed by atoms with Gasteiger partial charge in [-0.2, -0.15) is 0 Å². The second-order valence-corrected chi connectivity index (χ2v) is 10.4. The molecule has 7 heteroatoms. The number of rotatable bonds is 6. The SMILES string of the molecule is C=CCn1c(S[C@H](C(=O)N(C)C)c2ccccc2)nc2sc3c(c2c1=O)CC[C@H](C)C3. The second-order valence-electron chi connectivity index (χ2n) is 8.27. The number of fused-ring (bicyclic) bond motifs is 3. The van der Waals surface area contributed by atoms with E-state index in [1.54, 1.807) is 41.0 Å². The number of aryl methyl sites for hydroxylation is 1. The summed E-state index contributed by atoms with van der Waals surface area (Å²) in [5.41, 5.74) is 2.04. The number of hydrogen-bond donors (Lipinski definition) is 0. The van der Waals surface area contributed by atoms with Crippen molar-refractivity contribution in [2.75, 3.05) is 14.1 Å². The number of thiophene rings is 1. The quantitative estimate of drug-likeness (QED) is 0.309. The highest BCUT2D eigenvalue weighted by Gasteiger charge is 2.28. The van der Waals surface area contributed by atoms with E-state index in [0.29, 0.717) is 17.6 Å². The largest absolute Gasteiger partial charge is 0.348 e. The molecule has 0 aliphatic heterocycles. The lowest BCUT2D eigenvalue weighted by Gasteiger charge is -2.21. The Balaban J connectivity index is 1.85. The Kier molecular flexibility index (Phi) is 6.34. The monoisotopic (exact) mass is 453 g/mol. The molecule has 1 aliphatic carbocycles. The highest BCUT2D eigenvalue weighted by atomic mass is 32.2. The predicted molar refractivity (Wildman–Crippen MR) is 129 cm³/mol. The number of amides is 1. The average Bonchev–Trinajstić information content (AvgIpc) is 3.11. The first-order chi connectivity index (χ1) is 14.9. The zero-order valence-electron chi connectivity index (χ0n) is 18.1. The number of aromatic nitrogens is 2. The van der Waals surface area contributed by atoms with Crippen LogP contribution < -0.4 is 5.56 Å². The third kappa shape index (κ3) is 4.21. The van der Waals surface area contributed by atoms with Crippen LogP contribution in [0.1, 0.15) is 34.6 Å². The number of carbonyl (C=O) groups is 1. The molecule has 2 heterocycles. The molecule has 1 amide bonds. The fraction of sp³-hybridized carbons (Fsp3) is 0.375. The maximum Gasteiger partial charge on any atom is 0.263 e. The van der Waals surface area contributed by atoms with E-state index < -0.39 is 5.25 Å². The van der Waals surface area contributed by atoms with Gasteiger partial charge in [-0.3, -0.25) is 14.2 Å². The molecule has 162 valence electrons. The third-order valence-corrected chi connectivity index (χ3v) is 8.06. The lowest BCUT2D eigenvalue weighted by molar-refractivity contribution is -0.128. The summed E-state index contributed by atoms with van der Waals surface area (Å²) in [4.78, 5) is 35.2. The second kappa shape index (κ2) is 9.01. The fourth-order valence-corrected chi connectivity index (χ4v) is 6.69. The molecule has 0 unspecified atom stereocenters. The molecule has 0 saturated carbocycles. The molecular formula is C24H27N3O2S2. The molecule has 0 radical (unpaired) electrons. The zero-order valence-corrected chi connectivity index (χ0v) is 19.8. The molecule has 0 bridgehead atoms. The Morgan fingerprint density at radius 1 is 1.39 bits per heavy atom. The minimum absolute atomic E-state index is 0.0245. The van der Waals surface area contributed by atoms with Crippen LogP contribution >= 0.6 is 23.1 Å². The van der Waals surface area contributed by atoms with Crippen molar-refractivity contribution in [3.05, 3.63) is 69.3 Å². The number of nitrogens with zero attached hydrogens (tertiary/aromatic N) is 3. The Morgan fingerprint density at radius 3 is 2.81 bits per heavy atom. The van der Waals surface area contributed by atoms with E-state index in [9.17, 15) is 9.59 Å². The summed E-state index contributed by atoms with van der Waals surface area (Å²) in [7, 11) is 3.50. The van der Waals surface area contributed by atoms with Crippen molar-refractivity contribution in [3.8, 4) is 0 Å². The molecule has 4 rings (SSSR count). The molecule has 3 aromatic rings. The smallest absolute Gasteiger partial charge is 0.263 e. The number of carbonyl (C=O) groups excluding carboxylic acids is 1. The van der Waals surface area contributed by atoms with Crippen LogP contribution in [0.5, 0.6) is 0 Å². The number of thioether (sulfide) groups is 1. The zero-order chi connectivity index (χ0) is 22.1. The Labute approximate surface area is 190 Å². The van der Waals surface area contributed by atoms with Gasteiger partial charge in [0, 0.05) is 25.5 Å². The van der Waals surface area contributed by atoms with Crippen LogP contribution in [-0.2, 0) is 24.2 Å². The Hall–Kier alpha value is -2.38. The molecule has 0 fully saturated rings. The number of benzene rings is 1. The first-order valence-corrected chi connectivity index (χ1v) is 12.2.